The minimum Gasteiger partial charge on any atom is -0.450 e. The monoisotopic (exact) mass is 356 g/mol. The van der Waals surface area contributed by atoms with Crippen LogP contribution in [0, 0.1) is 11.3 Å². The van der Waals surface area contributed by atoms with Crippen molar-refractivity contribution in [2.24, 2.45) is 0 Å². The number of hydrogen-bond donors (Lipinski definition) is 0. The van der Waals surface area contributed by atoms with Crippen molar-refractivity contribution < 1.29 is 4.42 Å². The third-order valence-corrected chi connectivity index (χ3v) is 4.93. The summed E-state index contributed by atoms with van der Waals surface area (Å²) in [5, 5.41) is 10.3. The molecule has 0 spiro atoms. The summed E-state index contributed by atoms with van der Waals surface area (Å²) in [5.41, 5.74) is 2.99. The summed E-state index contributed by atoms with van der Waals surface area (Å²) in [7, 11) is 0. The van der Waals surface area contributed by atoms with Crippen LogP contribution in [0.1, 0.15) is 5.56 Å². The zero-order valence-electron chi connectivity index (χ0n) is 14.5. The van der Waals surface area contributed by atoms with Crippen molar-refractivity contribution in [3.8, 4) is 6.07 Å². The molecule has 1 aromatic carbocycles. The van der Waals surface area contributed by atoms with Gasteiger partial charge in [-0.15, -0.1) is 0 Å². The first-order valence-electron chi connectivity index (χ1n) is 8.82. The lowest BCUT2D eigenvalue weighted by Crippen LogP contribution is -2.47. The number of furan rings is 1. The van der Waals surface area contributed by atoms with Crippen LogP contribution in [-0.4, -0.2) is 41.1 Å². The van der Waals surface area contributed by atoms with Gasteiger partial charge in [0.25, 0.3) is 0 Å². The second-order valence-electron chi connectivity index (χ2n) is 6.43. The first-order chi connectivity index (χ1) is 13.3. The molecule has 4 aromatic rings. The van der Waals surface area contributed by atoms with Crippen LogP contribution in [-0.2, 0) is 0 Å². The van der Waals surface area contributed by atoms with E-state index in [1.165, 1.54) is 0 Å². The van der Waals surface area contributed by atoms with E-state index in [0.717, 1.165) is 59.9 Å². The van der Waals surface area contributed by atoms with E-state index in [-0.39, 0.29) is 0 Å². The molecule has 0 amide bonds. The molecule has 0 saturated carbocycles. The molecule has 0 aliphatic carbocycles. The van der Waals surface area contributed by atoms with Gasteiger partial charge >= 0.3 is 0 Å². The van der Waals surface area contributed by atoms with E-state index in [1.807, 2.05) is 24.3 Å². The molecule has 0 radical (unpaired) electrons. The predicted octanol–water partition coefficient (Wildman–Crippen LogP) is 2.97. The van der Waals surface area contributed by atoms with Crippen molar-refractivity contribution in [2.75, 3.05) is 36.0 Å². The van der Waals surface area contributed by atoms with Gasteiger partial charge in [-0.25, -0.2) is 15.0 Å². The minimum absolute atomic E-state index is 0.604. The fourth-order valence-corrected chi connectivity index (χ4v) is 3.60. The molecular formula is C20H16N6O. The Labute approximate surface area is 155 Å². The maximum absolute atomic E-state index is 9.31. The standard InChI is InChI=1S/C20H16N6O/c21-12-14-4-3-7-22-19(14)25-8-10-26(11-9-25)20-18-17(23-13-24-20)15-5-1-2-6-16(15)27-18/h1-7,13H,8-11H2. The molecule has 1 aliphatic rings. The lowest BCUT2D eigenvalue weighted by molar-refractivity contribution is 0.625. The van der Waals surface area contributed by atoms with Gasteiger partial charge in [0.05, 0.1) is 5.56 Å². The second-order valence-corrected chi connectivity index (χ2v) is 6.43. The summed E-state index contributed by atoms with van der Waals surface area (Å²) in [6, 6.07) is 13.7. The Balaban J connectivity index is 1.45. The molecule has 1 aliphatic heterocycles. The quantitative estimate of drug-likeness (QED) is 0.546. The molecule has 0 atom stereocenters. The van der Waals surface area contributed by atoms with Crippen molar-refractivity contribution in [2.45, 2.75) is 0 Å². The Morgan fingerprint density at radius 1 is 0.889 bits per heavy atom. The Hall–Kier alpha value is -3.66. The van der Waals surface area contributed by atoms with Gasteiger partial charge in [-0.3, -0.25) is 0 Å². The first-order valence-corrected chi connectivity index (χ1v) is 8.82. The number of benzene rings is 1. The molecule has 5 rings (SSSR count). The number of pyridine rings is 1. The molecule has 27 heavy (non-hydrogen) atoms. The van der Waals surface area contributed by atoms with E-state index in [4.69, 9.17) is 4.42 Å². The smallest absolute Gasteiger partial charge is 0.196 e. The molecule has 7 heteroatoms. The van der Waals surface area contributed by atoms with Crippen LogP contribution in [0.3, 0.4) is 0 Å². The number of piperazine rings is 1. The zero-order valence-corrected chi connectivity index (χ0v) is 14.5. The highest BCUT2D eigenvalue weighted by atomic mass is 16.3. The van der Waals surface area contributed by atoms with Crippen LogP contribution < -0.4 is 9.80 Å². The van der Waals surface area contributed by atoms with Gasteiger partial charge < -0.3 is 14.2 Å². The molecule has 7 nitrogen and oxygen atoms in total. The highest BCUT2D eigenvalue weighted by molar-refractivity contribution is 6.05. The number of fused-ring (bicyclic) bond motifs is 3. The molecule has 4 heterocycles. The largest absolute Gasteiger partial charge is 0.450 e. The lowest BCUT2D eigenvalue weighted by Gasteiger charge is -2.36. The number of nitriles is 1. The molecule has 0 bridgehead atoms. The fraction of sp³-hybridized carbons (Fsp3) is 0.200. The average molecular weight is 356 g/mol. The fourth-order valence-electron chi connectivity index (χ4n) is 3.60. The van der Waals surface area contributed by atoms with Crippen molar-refractivity contribution in [1.29, 1.82) is 5.26 Å². The second kappa shape index (κ2) is 6.25. The van der Waals surface area contributed by atoms with Crippen LogP contribution in [0.2, 0.25) is 0 Å². The summed E-state index contributed by atoms with van der Waals surface area (Å²) >= 11 is 0. The van der Waals surface area contributed by atoms with Crippen LogP contribution in [0.4, 0.5) is 11.6 Å². The predicted molar refractivity (Wildman–Crippen MR) is 103 cm³/mol. The topological polar surface area (TPSA) is 82.1 Å². The van der Waals surface area contributed by atoms with E-state index in [1.54, 1.807) is 24.7 Å². The third kappa shape index (κ3) is 2.54. The molecule has 1 saturated heterocycles. The SMILES string of the molecule is N#Cc1cccnc1N1CCN(c2ncnc3c2oc2ccccc23)CC1. The van der Waals surface area contributed by atoms with E-state index >= 15 is 0 Å². The molecule has 3 aromatic heterocycles. The van der Waals surface area contributed by atoms with Crippen LogP contribution >= 0.6 is 0 Å². The number of aromatic nitrogens is 3. The number of anilines is 2. The lowest BCUT2D eigenvalue weighted by atomic mass is 10.2. The van der Waals surface area contributed by atoms with Gasteiger partial charge in [0, 0.05) is 37.8 Å². The summed E-state index contributed by atoms with van der Waals surface area (Å²) in [6.45, 7) is 3.06. The van der Waals surface area contributed by atoms with Gasteiger partial charge in [-0.2, -0.15) is 5.26 Å². The Morgan fingerprint density at radius 2 is 1.67 bits per heavy atom. The van der Waals surface area contributed by atoms with Crippen LogP contribution in [0.5, 0.6) is 0 Å². The highest BCUT2D eigenvalue weighted by Crippen LogP contribution is 2.32. The molecular weight excluding hydrogens is 340 g/mol. The Kier molecular flexibility index (Phi) is 3.61. The summed E-state index contributed by atoms with van der Waals surface area (Å²) in [4.78, 5) is 17.7. The molecule has 1 fully saturated rings. The van der Waals surface area contributed by atoms with E-state index in [0.29, 0.717) is 5.56 Å². The van der Waals surface area contributed by atoms with Crippen molar-refractivity contribution in [1.82, 2.24) is 15.0 Å². The summed E-state index contributed by atoms with van der Waals surface area (Å²) < 4.78 is 6.05. The highest BCUT2D eigenvalue weighted by Gasteiger charge is 2.24. The third-order valence-electron chi connectivity index (χ3n) is 4.93. The summed E-state index contributed by atoms with van der Waals surface area (Å²) in [5.74, 6) is 1.56. The maximum atomic E-state index is 9.31. The van der Waals surface area contributed by atoms with E-state index < -0.39 is 0 Å². The number of nitrogens with zero attached hydrogens (tertiary/aromatic N) is 6. The van der Waals surface area contributed by atoms with Gasteiger partial charge in [0.1, 0.15) is 29.3 Å². The average Bonchev–Trinajstić information content (AvgIpc) is 3.13. The molecule has 132 valence electrons. The van der Waals surface area contributed by atoms with E-state index in [9.17, 15) is 5.26 Å². The van der Waals surface area contributed by atoms with E-state index in [2.05, 4.69) is 30.8 Å². The van der Waals surface area contributed by atoms with Crippen molar-refractivity contribution in [3.05, 3.63) is 54.5 Å². The summed E-state index contributed by atoms with van der Waals surface area (Å²) in [6.07, 6.45) is 3.32. The molecule has 0 N–H and O–H groups in total. The maximum Gasteiger partial charge on any atom is 0.196 e. The number of para-hydroxylation sites is 1. The Bertz CT molecular complexity index is 1170. The van der Waals surface area contributed by atoms with Crippen molar-refractivity contribution in [3.63, 3.8) is 0 Å². The Morgan fingerprint density at radius 3 is 2.48 bits per heavy atom. The van der Waals surface area contributed by atoms with Gasteiger partial charge in [0.15, 0.2) is 11.4 Å². The van der Waals surface area contributed by atoms with Gasteiger partial charge in [-0.05, 0) is 24.3 Å². The number of hydrogen-bond acceptors (Lipinski definition) is 7. The molecule has 0 unspecified atom stereocenters. The normalized spacial score (nSPS) is 14.6. The van der Waals surface area contributed by atoms with Crippen LogP contribution in [0.15, 0.2) is 53.3 Å². The minimum atomic E-state index is 0.604. The van der Waals surface area contributed by atoms with Crippen LogP contribution in [0.25, 0.3) is 22.1 Å². The number of rotatable bonds is 2. The van der Waals surface area contributed by atoms with Gasteiger partial charge in [-0.1, -0.05) is 12.1 Å². The first kappa shape index (κ1) is 15.6. The van der Waals surface area contributed by atoms with Crippen molar-refractivity contribution >= 4 is 33.7 Å². The van der Waals surface area contributed by atoms with Gasteiger partial charge in [0.2, 0.25) is 0 Å². The zero-order chi connectivity index (χ0) is 18.2.